The first-order valence-corrected chi connectivity index (χ1v) is 34.4. The summed E-state index contributed by atoms with van der Waals surface area (Å²) in [5, 5.41) is 25.0. The molecule has 0 aliphatic heterocycles. The van der Waals surface area contributed by atoms with Crippen LogP contribution in [-0.2, 0) is 0 Å². The summed E-state index contributed by atoms with van der Waals surface area (Å²) in [6.07, 6.45) is 14.7. The highest BCUT2D eigenvalue weighted by Crippen LogP contribution is 2.39. The third kappa shape index (κ3) is 12.6. The average molecular weight is 1330 g/mol. The second-order valence-electron chi connectivity index (χ2n) is 25.5. The molecule has 0 aliphatic rings. The van der Waals surface area contributed by atoms with Crippen LogP contribution in [0.4, 0.5) is 0 Å². The van der Waals surface area contributed by atoms with Crippen LogP contribution in [0.5, 0.6) is 0 Å². The van der Waals surface area contributed by atoms with Crippen LogP contribution in [0.15, 0.2) is 365 Å². The zero-order valence-electron chi connectivity index (χ0n) is 56.0. The van der Waals surface area contributed by atoms with Gasteiger partial charge in [-0.2, -0.15) is 9.59 Å². The van der Waals surface area contributed by atoms with E-state index >= 15 is 0 Å². The third-order valence-corrected chi connectivity index (χ3v) is 18.9. The van der Waals surface area contributed by atoms with Crippen molar-refractivity contribution >= 4 is 43.6 Å². The molecule has 11 aromatic carbocycles. The van der Waals surface area contributed by atoms with E-state index in [0.717, 1.165) is 162 Å². The maximum Gasteiger partial charge on any atom is 0.123 e. The molecule has 19 rings (SSSR count). The van der Waals surface area contributed by atoms with Crippen LogP contribution in [0.25, 0.3) is 178 Å². The van der Waals surface area contributed by atoms with Gasteiger partial charge in [0.2, 0.25) is 0 Å². The lowest BCUT2D eigenvalue weighted by Gasteiger charge is -2.10. The molecule has 0 fully saturated rings. The van der Waals surface area contributed by atoms with Gasteiger partial charge in [0.15, 0.2) is 0 Å². The van der Waals surface area contributed by atoms with Crippen LogP contribution in [0, 0.1) is 0 Å². The first kappa shape index (κ1) is 61.9. The van der Waals surface area contributed by atoms with Gasteiger partial charge in [0.1, 0.15) is 22.1 Å². The predicted molar refractivity (Wildman–Crippen MR) is 419 cm³/mol. The van der Waals surface area contributed by atoms with E-state index < -0.39 is 0 Å². The van der Waals surface area contributed by atoms with Gasteiger partial charge < -0.3 is 0 Å². The van der Waals surface area contributed by atoms with Gasteiger partial charge >= 0.3 is 0 Å². The maximum atomic E-state index is 5.10. The Morgan fingerprint density at radius 2 is 0.673 bits per heavy atom. The number of rotatable bonds is 13. The Kier molecular flexibility index (Phi) is 16.3. The first-order valence-electron chi connectivity index (χ1n) is 34.4. The molecule has 0 atom stereocenters. The average Bonchev–Trinajstić information content (AvgIpc) is 1.53. The van der Waals surface area contributed by atoms with Gasteiger partial charge in [-0.05, 0) is 204 Å². The molecular formula is C92H60N12. The SMILES string of the molecule is c1ccc(-c2ccc(-c3ccnc(-c4cc(-c5cc(-c6ccc(-c7ccccn7)cc6)ccn5)c5nn(-c6ccc7ccccc7c6)nc5c4)c3)cc2)nc1.c1cncc(-c2cccc(-c3cc(-c4cccc(-c5cccnc5)c4)c4nn(-c5ccc(-c6cccc7ccccc67)cc5)nc4c3)c2)c1. The molecule has 12 nitrogen and oxygen atoms in total. The van der Waals surface area contributed by atoms with E-state index in [4.69, 9.17) is 30.4 Å². The molecule has 8 aromatic heterocycles. The summed E-state index contributed by atoms with van der Waals surface area (Å²) in [6, 6.07) is 109. The molecule has 0 saturated heterocycles. The summed E-state index contributed by atoms with van der Waals surface area (Å²) in [5.74, 6) is 0. The Hall–Kier alpha value is -14.4. The zero-order valence-corrected chi connectivity index (χ0v) is 56.0. The predicted octanol–water partition coefficient (Wildman–Crippen LogP) is 21.9. The normalized spacial score (nSPS) is 11.3. The second-order valence-corrected chi connectivity index (χ2v) is 25.5. The van der Waals surface area contributed by atoms with E-state index in [1.54, 1.807) is 22.0 Å². The molecule has 0 radical (unpaired) electrons. The molecule has 8 heterocycles. The van der Waals surface area contributed by atoms with Crippen molar-refractivity contribution < 1.29 is 0 Å². The van der Waals surface area contributed by atoms with Gasteiger partial charge in [-0.15, -0.1) is 20.4 Å². The minimum atomic E-state index is 0.750. The number of aromatic nitrogens is 12. The molecule has 19 aromatic rings. The molecule has 0 unspecified atom stereocenters. The molecule has 0 amide bonds. The van der Waals surface area contributed by atoms with Crippen LogP contribution < -0.4 is 0 Å². The quantitative estimate of drug-likeness (QED) is 0.110. The van der Waals surface area contributed by atoms with Crippen molar-refractivity contribution in [2.75, 3.05) is 0 Å². The van der Waals surface area contributed by atoms with Gasteiger partial charge in [-0.3, -0.25) is 29.9 Å². The van der Waals surface area contributed by atoms with E-state index in [1.807, 2.05) is 110 Å². The van der Waals surface area contributed by atoms with Gasteiger partial charge in [0, 0.05) is 88.5 Å². The molecule has 0 saturated carbocycles. The maximum absolute atomic E-state index is 5.10. The fraction of sp³-hybridized carbons (Fsp3) is 0. The fourth-order valence-corrected chi connectivity index (χ4v) is 13.6. The van der Waals surface area contributed by atoms with E-state index in [1.165, 1.54) is 16.3 Å². The minimum Gasteiger partial charge on any atom is -0.264 e. The van der Waals surface area contributed by atoms with E-state index in [2.05, 4.69) is 263 Å². The summed E-state index contributed by atoms with van der Waals surface area (Å²) < 4.78 is 0. The highest BCUT2D eigenvalue weighted by molar-refractivity contribution is 5.99. The molecular weight excluding hydrogens is 1270 g/mol. The van der Waals surface area contributed by atoms with Gasteiger partial charge in [0.05, 0.1) is 34.2 Å². The van der Waals surface area contributed by atoms with E-state index in [9.17, 15) is 0 Å². The smallest absolute Gasteiger partial charge is 0.123 e. The van der Waals surface area contributed by atoms with Crippen molar-refractivity contribution in [1.82, 2.24) is 59.9 Å². The standard InChI is InChI=1S/C48H31N7.C44H29N5/c1-2-8-37-27-41(20-19-32(37)7-1)55-53-47-31-40(45-29-38(21-25-51-45)33-11-15-35(16-12-33)43-9-3-5-23-49-43)28-42(48(47)54-55)46-30-39(22-26-52-46)34-13-17-36(18-14-34)44-10-4-6-24-50-44;1-2-16-40-30(8-1)9-5-17-41(40)31-18-20-39(21-19-31)49-47-43-27-38(34-12-3-10-32(24-34)36-14-6-22-45-28-36)26-42(44(43)48-49)35-13-4-11-33(25-35)37-15-7-23-46-29-37/h1-31H;1-29H. The monoisotopic (exact) mass is 1330 g/mol. The molecule has 0 bridgehead atoms. The summed E-state index contributed by atoms with van der Waals surface area (Å²) >= 11 is 0. The van der Waals surface area contributed by atoms with Crippen molar-refractivity contribution in [3.8, 4) is 134 Å². The van der Waals surface area contributed by atoms with Crippen molar-refractivity contribution in [3.63, 3.8) is 0 Å². The van der Waals surface area contributed by atoms with Crippen molar-refractivity contribution in [3.05, 3.63) is 365 Å². The van der Waals surface area contributed by atoms with Crippen molar-refractivity contribution in [2.24, 2.45) is 0 Å². The van der Waals surface area contributed by atoms with Crippen LogP contribution in [0.1, 0.15) is 0 Å². The number of hydrogen-bond acceptors (Lipinski definition) is 10. The lowest BCUT2D eigenvalue weighted by molar-refractivity contribution is 0.766. The lowest BCUT2D eigenvalue weighted by atomic mass is 9.94. The number of fused-ring (bicyclic) bond motifs is 4. The first-order chi connectivity index (χ1) is 51.5. The molecule has 0 spiro atoms. The Morgan fingerprint density at radius 1 is 0.202 bits per heavy atom. The number of benzene rings is 11. The summed E-state index contributed by atoms with van der Waals surface area (Å²) in [7, 11) is 0. The van der Waals surface area contributed by atoms with Crippen LogP contribution in [0.2, 0.25) is 0 Å². The Labute approximate surface area is 599 Å². The Bertz CT molecular complexity index is 6320. The molecule has 0 aliphatic carbocycles. The van der Waals surface area contributed by atoms with E-state index in [-0.39, 0.29) is 0 Å². The van der Waals surface area contributed by atoms with Gasteiger partial charge in [-0.25, -0.2) is 0 Å². The zero-order chi connectivity index (χ0) is 69.1. The summed E-state index contributed by atoms with van der Waals surface area (Å²) in [5.41, 5.74) is 27.6. The Morgan fingerprint density at radius 3 is 1.31 bits per heavy atom. The molecule has 0 N–H and O–H groups in total. The second kappa shape index (κ2) is 27.4. The molecule has 104 heavy (non-hydrogen) atoms. The number of nitrogens with zero attached hydrogens (tertiary/aromatic N) is 12. The van der Waals surface area contributed by atoms with E-state index in [0.29, 0.717) is 0 Å². The van der Waals surface area contributed by atoms with Crippen molar-refractivity contribution in [2.45, 2.75) is 0 Å². The summed E-state index contributed by atoms with van der Waals surface area (Å²) in [6.45, 7) is 0. The number of pyridine rings is 6. The van der Waals surface area contributed by atoms with Crippen molar-refractivity contribution in [1.29, 1.82) is 0 Å². The molecule has 12 heteroatoms. The summed E-state index contributed by atoms with van der Waals surface area (Å²) in [4.78, 5) is 30.9. The minimum absolute atomic E-state index is 0.750. The third-order valence-electron chi connectivity index (χ3n) is 18.9. The Balaban J connectivity index is 0.000000149. The van der Waals surface area contributed by atoms with Gasteiger partial charge in [-0.1, -0.05) is 194 Å². The number of hydrogen-bond donors (Lipinski definition) is 0. The fourth-order valence-electron chi connectivity index (χ4n) is 13.6. The van der Waals surface area contributed by atoms with Crippen LogP contribution in [-0.4, -0.2) is 59.9 Å². The van der Waals surface area contributed by atoms with Crippen LogP contribution >= 0.6 is 0 Å². The lowest BCUT2D eigenvalue weighted by Crippen LogP contribution is -1.98. The largest absolute Gasteiger partial charge is 0.264 e. The topological polar surface area (TPSA) is 139 Å². The molecule has 488 valence electrons. The highest BCUT2D eigenvalue weighted by Gasteiger charge is 2.20. The van der Waals surface area contributed by atoms with Gasteiger partial charge in [0.25, 0.3) is 0 Å². The van der Waals surface area contributed by atoms with Crippen LogP contribution in [0.3, 0.4) is 0 Å². The highest BCUT2D eigenvalue weighted by atomic mass is 15.5.